The van der Waals surface area contributed by atoms with Crippen molar-refractivity contribution in [1.82, 2.24) is 0 Å². The number of para-hydroxylation sites is 1. The summed E-state index contributed by atoms with van der Waals surface area (Å²) in [4.78, 5) is 13.7. The van der Waals surface area contributed by atoms with Crippen molar-refractivity contribution in [3.05, 3.63) is 62.8 Å². The molecule has 2 aromatic rings. The monoisotopic (exact) mass is 385 g/mol. The second kappa shape index (κ2) is 5.84. The average molecular weight is 387 g/mol. The molecule has 0 aliphatic carbocycles. The number of benzene rings is 2. The molecule has 0 aliphatic rings. The number of halogens is 3. The minimum Gasteiger partial charge on any atom is -0.309 e. The molecule has 0 aromatic heterocycles. The molecule has 0 atom stereocenters. The maximum Gasteiger partial charge on any atom is 0.259 e. The van der Waals surface area contributed by atoms with Gasteiger partial charge >= 0.3 is 0 Å². The van der Waals surface area contributed by atoms with E-state index in [1.165, 1.54) is 11.0 Å². The number of rotatable bonds is 2. The number of anilines is 1. The van der Waals surface area contributed by atoms with Crippen LogP contribution >= 0.6 is 31.9 Å². The molecule has 0 radical (unpaired) electrons. The summed E-state index contributed by atoms with van der Waals surface area (Å²) in [5, 5.41) is 0. The Morgan fingerprint density at radius 3 is 2.53 bits per heavy atom. The zero-order valence-electron chi connectivity index (χ0n) is 10.0. The van der Waals surface area contributed by atoms with E-state index in [1.54, 1.807) is 37.4 Å². The van der Waals surface area contributed by atoms with Gasteiger partial charge in [0.2, 0.25) is 0 Å². The number of hydrogen-bond acceptors (Lipinski definition) is 1. The van der Waals surface area contributed by atoms with E-state index < -0.39 is 5.82 Å². The normalized spacial score (nSPS) is 10.3. The maximum absolute atomic E-state index is 13.7. The van der Waals surface area contributed by atoms with E-state index in [0.717, 1.165) is 4.47 Å². The lowest BCUT2D eigenvalue weighted by Crippen LogP contribution is -2.27. The van der Waals surface area contributed by atoms with Gasteiger partial charge in [0.05, 0.1) is 11.3 Å². The first-order valence-electron chi connectivity index (χ1n) is 5.48. The molecule has 2 rings (SSSR count). The molecule has 19 heavy (non-hydrogen) atoms. The Hall–Kier alpha value is -1.20. The second-order valence-corrected chi connectivity index (χ2v) is 5.71. The predicted molar refractivity (Wildman–Crippen MR) is 81.0 cm³/mol. The van der Waals surface area contributed by atoms with Gasteiger partial charge in [-0.2, -0.15) is 0 Å². The fourth-order valence-electron chi connectivity index (χ4n) is 1.68. The number of carbonyl (C=O) groups is 1. The molecule has 2 nitrogen and oxygen atoms in total. The quantitative estimate of drug-likeness (QED) is 0.736. The molecule has 0 saturated carbocycles. The predicted octanol–water partition coefficient (Wildman–Crippen LogP) is 4.63. The molecule has 0 bridgehead atoms. The van der Waals surface area contributed by atoms with Crippen molar-refractivity contribution in [2.24, 2.45) is 0 Å². The van der Waals surface area contributed by atoms with Crippen LogP contribution in [-0.2, 0) is 0 Å². The highest BCUT2D eigenvalue weighted by Gasteiger charge is 2.18. The smallest absolute Gasteiger partial charge is 0.259 e. The number of carbonyl (C=O) groups excluding carboxylic acids is 1. The van der Waals surface area contributed by atoms with Crippen LogP contribution in [0.1, 0.15) is 10.4 Å². The molecular formula is C14H10Br2FNO. The van der Waals surface area contributed by atoms with Gasteiger partial charge in [0.15, 0.2) is 0 Å². The summed E-state index contributed by atoms with van der Waals surface area (Å²) < 4.78 is 15.1. The van der Waals surface area contributed by atoms with Gasteiger partial charge in [0.25, 0.3) is 5.91 Å². The van der Waals surface area contributed by atoms with Gasteiger partial charge < -0.3 is 4.90 Å². The van der Waals surface area contributed by atoms with Crippen molar-refractivity contribution < 1.29 is 9.18 Å². The third-order valence-electron chi connectivity index (χ3n) is 2.68. The van der Waals surface area contributed by atoms with E-state index in [0.29, 0.717) is 10.0 Å². The van der Waals surface area contributed by atoms with Crippen molar-refractivity contribution in [1.29, 1.82) is 0 Å². The molecule has 98 valence electrons. The number of nitrogens with zero attached hydrogens (tertiary/aromatic N) is 1. The van der Waals surface area contributed by atoms with Crippen molar-refractivity contribution in [3.8, 4) is 0 Å². The Balaban J connectivity index is 2.39. The van der Waals surface area contributed by atoms with Crippen LogP contribution in [0.4, 0.5) is 10.1 Å². The Bertz CT molecular complexity index is 631. The first-order chi connectivity index (χ1) is 9.00. The molecule has 0 heterocycles. The number of amides is 1. The van der Waals surface area contributed by atoms with E-state index in [1.807, 2.05) is 6.07 Å². The molecule has 0 spiro atoms. The van der Waals surface area contributed by atoms with Crippen LogP contribution in [-0.4, -0.2) is 13.0 Å². The largest absolute Gasteiger partial charge is 0.309 e. The van der Waals surface area contributed by atoms with Crippen LogP contribution in [0.15, 0.2) is 51.4 Å². The van der Waals surface area contributed by atoms with Crippen LogP contribution in [0.25, 0.3) is 0 Å². The summed E-state index contributed by atoms with van der Waals surface area (Å²) in [6.45, 7) is 0. The zero-order valence-corrected chi connectivity index (χ0v) is 13.2. The van der Waals surface area contributed by atoms with Crippen LogP contribution in [0, 0.1) is 5.82 Å². The van der Waals surface area contributed by atoms with Crippen molar-refractivity contribution in [2.75, 3.05) is 11.9 Å². The van der Waals surface area contributed by atoms with Gasteiger partial charge in [-0.15, -0.1) is 0 Å². The molecule has 0 saturated heterocycles. The van der Waals surface area contributed by atoms with Crippen molar-refractivity contribution in [2.45, 2.75) is 0 Å². The highest BCUT2D eigenvalue weighted by molar-refractivity contribution is 9.11. The lowest BCUT2D eigenvalue weighted by molar-refractivity contribution is 0.0991. The molecule has 2 aromatic carbocycles. The lowest BCUT2D eigenvalue weighted by atomic mass is 10.2. The molecule has 0 aliphatic heterocycles. The van der Waals surface area contributed by atoms with E-state index in [-0.39, 0.29) is 11.6 Å². The average Bonchev–Trinajstić information content (AvgIpc) is 2.40. The lowest BCUT2D eigenvalue weighted by Gasteiger charge is -2.18. The summed E-state index contributed by atoms with van der Waals surface area (Å²) in [6, 6.07) is 11.5. The van der Waals surface area contributed by atoms with Gasteiger partial charge in [-0.1, -0.05) is 28.1 Å². The minimum atomic E-state index is -0.426. The van der Waals surface area contributed by atoms with E-state index in [2.05, 4.69) is 31.9 Å². The fourth-order valence-corrected chi connectivity index (χ4v) is 2.45. The molecule has 0 fully saturated rings. The van der Waals surface area contributed by atoms with Crippen LogP contribution < -0.4 is 4.90 Å². The first kappa shape index (κ1) is 14.2. The van der Waals surface area contributed by atoms with Crippen LogP contribution in [0.2, 0.25) is 0 Å². The van der Waals surface area contributed by atoms with E-state index in [9.17, 15) is 9.18 Å². The Morgan fingerprint density at radius 1 is 1.16 bits per heavy atom. The third kappa shape index (κ3) is 3.04. The standard InChI is InChI=1S/C14H10Br2FNO/c1-18(13-5-3-2-4-12(13)17)14(19)10-8-9(15)6-7-11(10)16/h2-8H,1H3. The Morgan fingerprint density at radius 2 is 1.84 bits per heavy atom. The Labute approximate surface area is 127 Å². The number of hydrogen-bond donors (Lipinski definition) is 0. The fraction of sp³-hybridized carbons (Fsp3) is 0.0714. The van der Waals surface area contributed by atoms with Gasteiger partial charge in [-0.3, -0.25) is 4.79 Å². The first-order valence-corrected chi connectivity index (χ1v) is 7.07. The molecule has 0 unspecified atom stereocenters. The van der Waals surface area contributed by atoms with Gasteiger partial charge in [-0.25, -0.2) is 4.39 Å². The highest BCUT2D eigenvalue weighted by Crippen LogP contribution is 2.25. The molecule has 1 amide bonds. The highest BCUT2D eigenvalue weighted by atomic mass is 79.9. The zero-order chi connectivity index (χ0) is 14.0. The topological polar surface area (TPSA) is 20.3 Å². The molecular weight excluding hydrogens is 377 g/mol. The van der Waals surface area contributed by atoms with Crippen molar-refractivity contribution in [3.63, 3.8) is 0 Å². The van der Waals surface area contributed by atoms with Crippen LogP contribution in [0.3, 0.4) is 0 Å². The minimum absolute atomic E-state index is 0.249. The van der Waals surface area contributed by atoms with Gasteiger partial charge in [-0.05, 0) is 46.3 Å². The second-order valence-electron chi connectivity index (χ2n) is 3.94. The molecule has 5 heteroatoms. The maximum atomic E-state index is 13.7. The Kier molecular flexibility index (Phi) is 4.37. The van der Waals surface area contributed by atoms with Gasteiger partial charge in [0.1, 0.15) is 5.82 Å². The SMILES string of the molecule is CN(C(=O)c1cc(Br)ccc1Br)c1ccccc1F. The molecule has 0 N–H and O–H groups in total. The van der Waals surface area contributed by atoms with E-state index in [4.69, 9.17) is 0 Å². The summed E-state index contributed by atoms with van der Waals surface area (Å²) in [6.07, 6.45) is 0. The summed E-state index contributed by atoms with van der Waals surface area (Å²) in [7, 11) is 1.55. The van der Waals surface area contributed by atoms with Crippen molar-refractivity contribution >= 4 is 43.5 Å². The summed E-state index contributed by atoms with van der Waals surface area (Å²) >= 11 is 6.65. The van der Waals surface area contributed by atoms with Gasteiger partial charge in [0, 0.05) is 16.0 Å². The summed E-state index contributed by atoms with van der Waals surface area (Å²) in [5.41, 5.74) is 0.722. The summed E-state index contributed by atoms with van der Waals surface area (Å²) in [5.74, 6) is -0.706. The third-order valence-corrected chi connectivity index (χ3v) is 3.86. The van der Waals surface area contributed by atoms with Crippen LogP contribution in [0.5, 0.6) is 0 Å². The van der Waals surface area contributed by atoms with E-state index >= 15 is 0 Å².